The van der Waals surface area contributed by atoms with Crippen LogP contribution in [0.15, 0.2) is 134 Å². The second kappa shape index (κ2) is 47.6. The van der Waals surface area contributed by atoms with Gasteiger partial charge in [-0.3, -0.25) is 18.6 Å². The van der Waals surface area contributed by atoms with E-state index < -0.39 is 32.5 Å². The minimum Gasteiger partial charge on any atom is -0.462 e. The third-order valence-corrected chi connectivity index (χ3v) is 10.0. The first-order valence-corrected chi connectivity index (χ1v) is 25.2. The van der Waals surface area contributed by atoms with Gasteiger partial charge in [0.15, 0.2) is 6.10 Å². The molecule has 10 heteroatoms. The molecule has 354 valence electrons. The molecule has 0 fully saturated rings. The Kier molecular flexibility index (Phi) is 44.7. The van der Waals surface area contributed by atoms with Crippen molar-refractivity contribution in [1.82, 2.24) is 0 Å². The highest BCUT2D eigenvalue weighted by Gasteiger charge is 2.26. The minimum atomic E-state index is -4.41. The zero-order chi connectivity index (χ0) is 46.0. The maximum absolute atomic E-state index is 12.6. The van der Waals surface area contributed by atoms with Crippen LogP contribution in [-0.2, 0) is 32.7 Å². The van der Waals surface area contributed by atoms with Gasteiger partial charge in [-0.2, -0.15) is 0 Å². The summed E-state index contributed by atoms with van der Waals surface area (Å²) in [5.41, 5.74) is 5.35. The summed E-state index contributed by atoms with van der Waals surface area (Å²) in [7, 11) is -4.41. The lowest BCUT2D eigenvalue weighted by Gasteiger charge is -2.19. The molecular formula is C53H84NO8P. The predicted octanol–water partition coefficient (Wildman–Crippen LogP) is 14.3. The molecule has 0 aliphatic carbocycles. The number of unbranched alkanes of at least 4 members (excludes halogenated alkanes) is 7. The van der Waals surface area contributed by atoms with Crippen molar-refractivity contribution in [2.45, 2.75) is 161 Å². The summed E-state index contributed by atoms with van der Waals surface area (Å²) in [5.74, 6) is -0.910. The molecule has 0 radical (unpaired) electrons. The topological polar surface area (TPSA) is 134 Å². The van der Waals surface area contributed by atoms with Crippen LogP contribution in [0.25, 0.3) is 0 Å². The minimum absolute atomic E-state index is 0.0354. The fraction of sp³-hybridized carbons (Fsp3) is 0.547. The van der Waals surface area contributed by atoms with Gasteiger partial charge in [-0.05, 0) is 109 Å². The lowest BCUT2D eigenvalue weighted by atomic mass is 10.1. The summed E-state index contributed by atoms with van der Waals surface area (Å²) in [6.45, 7) is 3.40. The number of carbonyl (C=O) groups excluding carboxylic acids is 2. The van der Waals surface area contributed by atoms with Crippen LogP contribution >= 0.6 is 7.82 Å². The van der Waals surface area contributed by atoms with Gasteiger partial charge in [-0.25, -0.2) is 4.57 Å². The Labute approximate surface area is 383 Å². The SMILES string of the molecule is CC/C=C\C/C=C\C/C=C\C/C=C\C/C=C\C/C=C\CCCCCCC(=O)OC(COC(=O)CCCCC/C=C\C/C=C\C/C=C\C/C=C\C/C=C\CC)COP(=O)(O)OCCN. The molecule has 9 nitrogen and oxygen atoms in total. The van der Waals surface area contributed by atoms with E-state index in [9.17, 15) is 19.0 Å². The number of phosphoric acid groups is 1. The van der Waals surface area contributed by atoms with Crippen LogP contribution in [0.1, 0.15) is 155 Å². The Morgan fingerprint density at radius 2 is 0.825 bits per heavy atom. The molecule has 0 aliphatic heterocycles. The Morgan fingerprint density at radius 1 is 0.476 bits per heavy atom. The first-order valence-electron chi connectivity index (χ1n) is 23.7. The lowest BCUT2D eigenvalue weighted by Crippen LogP contribution is -2.29. The molecule has 2 unspecified atom stereocenters. The van der Waals surface area contributed by atoms with Gasteiger partial charge in [0.05, 0.1) is 13.2 Å². The third-order valence-electron chi connectivity index (χ3n) is 9.03. The second-order valence-electron chi connectivity index (χ2n) is 14.9. The number of allylic oxidation sites excluding steroid dienone is 22. The number of hydrogen-bond donors (Lipinski definition) is 2. The molecule has 0 aromatic rings. The monoisotopic (exact) mass is 894 g/mol. The van der Waals surface area contributed by atoms with E-state index in [0.717, 1.165) is 116 Å². The van der Waals surface area contributed by atoms with Gasteiger partial charge in [0, 0.05) is 19.4 Å². The Morgan fingerprint density at radius 3 is 1.22 bits per heavy atom. The maximum Gasteiger partial charge on any atom is 0.472 e. The first-order chi connectivity index (χ1) is 30.8. The summed E-state index contributed by atoms with van der Waals surface area (Å²) in [6.07, 6.45) is 66.2. The van der Waals surface area contributed by atoms with Crippen molar-refractivity contribution in [3.05, 3.63) is 134 Å². The molecule has 3 N–H and O–H groups in total. The Balaban J connectivity index is 4.27. The maximum atomic E-state index is 12.6. The largest absolute Gasteiger partial charge is 0.472 e. The number of rotatable bonds is 42. The van der Waals surface area contributed by atoms with Crippen molar-refractivity contribution >= 4 is 19.8 Å². The smallest absolute Gasteiger partial charge is 0.462 e. The summed E-state index contributed by atoms with van der Waals surface area (Å²) in [6, 6.07) is 0. The van der Waals surface area contributed by atoms with E-state index in [1.807, 2.05) is 0 Å². The predicted molar refractivity (Wildman–Crippen MR) is 265 cm³/mol. The van der Waals surface area contributed by atoms with E-state index in [0.29, 0.717) is 12.8 Å². The molecule has 0 rings (SSSR count). The van der Waals surface area contributed by atoms with Crippen LogP contribution in [0.2, 0.25) is 0 Å². The third kappa shape index (κ3) is 47.5. The van der Waals surface area contributed by atoms with E-state index >= 15 is 0 Å². The number of nitrogens with two attached hydrogens (primary N) is 1. The van der Waals surface area contributed by atoms with Gasteiger partial charge in [0.1, 0.15) is 6.61 Å². The Bertz CT molecular complexity index is 1480. The van der Waals surface area contributed by atoms with Gasteiger partial charge in [0.25, 0.3) is 0 Å². The summed E-state index contributed by atoms with van der Waals surface area (Å²) in [5, 5.41) is 0. The van der Waals surface area contributed by atoms with Gasteiger partial charge in [-0.1, -0.05) is 167 Å². The van der Waals surface area contributed by atoms with Gasteiger partial charge >= 0.3 is 19.8 Å². The van der Waals surface area contributed by atoms with Crippen molar-refractivity contribution in [3.63, 3.8) is 0 Å². The van der Waals surface area contributed by atoms with E-state index in [1.165, 1.54) is 0 Å². The molecule has 0 spiro atoms. The van der Waals surface area contributed by atoms with E-state index in [1.54, 1.807) is 0 Å². The van der Waals surface area contributed by atoms with E-state index in [4.69, 9.17) is 24.3 Å². The number of ether oxygens (including phenoxy) is 2. The summed E-state index contributed by atoms with van der Waals surface area (Å²) in [4.78, 5) is 35.0. The molecule has 0 bridgehead atoms. The zero-order valence-electron chi connectivity index (χ0n) is 39.0. The number of phosphoric ester groups is 1. The fourth-order valence-corrected chi connectivity index (χ4v) is 6.37. The summed E-state index contributed by atoms with van der Waals surface area (Å²) >= 11 is 0. The second-order valence-corrected chi connectivity index (χ2v) is 16.3. The fourth-order valence-electron chi connectivity index (χ4n) is 5.60. The van der Waals surface area contributed by atoms with Crippen molar-refractivity contribution in [1.29, 1.82) is 0 Å². The number of hydrogen-bond acceptors (Lipinski definition) is 8. The average molecular weight is 894 g/mol. The molecule has 0 saturated carbocycles. The van der Waals surface area contributed by atoms with Crippen LogP contribution in [-0.4, -0.2) is 49.3 Å². The highest BCUT2D eigenvalue weighted by molar-refractivity contribution is 7.47. The zero-order valence-corrected chi connectivity index (χ0v) is 39.9. The molecular weight excluding hydrogens is 810 g/mol. The lowest BCUT2D eigenvalue weighted by molar-refractivity contribution is -0.161. The summed E-state index contributed by atoms with van der Waals surface area (Å²) < 4.78 is 32.8. The normalized spacial score (nSPS) is 14.4. The molecule has 0 saturated heterocycles. The first kappa shape index (κ1) is 59.1. The highest BCUT2D eigenvalue weighted by Crippen LogP contribution is 2.43. The standard InChI is InChI=1S/C53H84NO8P/c1-3-5-7-9-11-13-15-17-19-21-23-24-25-26-28-30-32-34-36-38-40-42-44-46-53(56)62-51(50-61-63(57,58)60-48-47-54)49-59-52(55)45-43-41-39-37-35-33-31-29-27-22-20-18-16-14-12-10-8-6-4-2/h5-8,11-14,17-20,23-24,26-29,32-35,51H,3-4,9-10,15-16,21-22,25,30-31,36-50,54H2,1-2H3,(H,57,58)/b7-5-,8-6-,13-11-,14-12-,19-17-,20-18-,24-23-,28-26-,29-27-,34-32-,35-33-. The van der Waals surface area contributed by atoms with Crippen LogP contribution in [0.3, 0.4) is 0 Å². The molecule has 0 amide bonds. The molecule has 2 atom stereocenters. The van der Waals surface area contributed by atoms with E-state index in [-0.39, 0.29) is 32.6 Å². The quantitative estimate of drug-likeness (QED) is 0.0266. The molecule has 0 aliphatic rings. The van der Waals surface area contributed by atoms with Crippen LogP contribution in [0.4, 0.5) is 0 Å². The highest BCUT2D eigenvalue weighted by atomic mass is 31.2. The number of carbonyl (C=O) groups is 2. The van der Waals surface area contributed by atoms with Crippen molar-refractivity contribution < 1.29 is 37.6 Å². The number of esters is 2. The van der Waals surface area contributed by atoms with Crippen LogP contribution < -0.4 is 5.73 Å². The van der Waals surface area contributed by atoms with E-state index in [2.05, 4.69) is 148 Å². The molecule has 0 heterocycles. The molecule has 63 heavy (non-hydrogen) atoms. The van der Waals surface area contributed by atoms with Crippen molar-refractivity contribution in [2.75, 3.05) is 26.4 Å². The van der Waals surface area contributed by atoms with Gasteiger partial charge in [0.2, 0.25) is 0 Å². The van der Waals surface area contributed by atoms with Gasteiger partial charge < -0.3 is 20.1 Å². The van der Waals surface area contributed by atoms with Crippen molar-refractivity contribution in [2.24, 2.45) is 5.73 Å². The molecule has 0 aromatic carbocycles. The molecule has 0 aromatic heterocycles. The van der Waals surface area contributed by atoms with Crippen molar-refractivity contribution in [3.8, 4) is 0 Å². The van der Waals surface area contributed by atoms with Crippen LogP contribution in [0, 0.1) is 0 Å². The van der Waals surface area contributed by atoms with Gasteiger partial charge in [-0.15, -0.1) is 0 Å². The Hall–Kier alpha value is -3.85. The average Bonchev–Trinajstić information content (AvgIpc) is 3.27. The van der Waals surface area contributed by atoms with Crippen LogP contribution in [0.5, 0.6) is 0 Å².